The Labute approximate surface area is 104 Å². The fraction of sp³-hybridized carbons (Fsp3) is 0.538. The van der Waals surface area contributed by atoms with Crippen molar-refractivity contribution in [2.24, 2.45) is 0 Å². The maximum absolute atomic E-state index is 12.8. The lowest BCUT2D eigenvalue weighted by molar-refractivity contribution is -0.149. The van der Waals surface area contributed by atoms with Crippen molar-refractivity contribution in [2.45, 2.75) is 38.4 Å². The highest BCUT2D eigenvalue weighted by molar-refractivity contribution is 5.35. The minimum atomic E-state index is -4.38. The lowest BCUT2D eigenvalue weighted by Crippen LogP contribution is -2.40. The minimum absolute atomic E-state index is 0.112. The molecule has 1 aromatic carbocycles. The summed E-state index contributed by atoms with van der Waals surface area (Å²) in [5.41, 5.74) is -0.720. The van der Waals surface area contributed by atoms with Gasteiger partial charge in [-0.2, -0.15) is 13.2 Å². The van der Waals surface area contributed by atoms with Crippen LogP contribution in [-0.2, 0) is 6.18 Å². The summed E-state index contributed by atoms with van der Waals surface area (Å²) < 4.78 is 38.4. The van der Waals surface area contributed by atoms with Crippen molar-refractivity contribution >= 4 is 0 Å². The molecule has 1 aliphatic heterocycles. The number of piperidine rings is 1. The van der Waals surface area contributed by atoms with E-state index < -0.39 is 11.7 Å². The molecule has 0 aromatic heterocycles. The van der Waals surface area contributed by atoms with Crippen LogP contribution in [-0.4, -0.2) is 17.6 Å². The molecule has 1 fully saturated rings. The minimum Gasteiger partial charge on any atom is -0.405 e. The zero-order valence-electron chi connectivity index (χ0n) is 10.2. The summed E-state index contributed by atoms with van der Waals surface area (Å²) in [5.74, 6) is -0.112. The number of nitrogens with zero attached hydrogens (tertiary/aromatic N) is 1. The second kappa shape index (κ2) is 5.18. The van der Waals surface area contributed by atoms with Gasteiger partial charge in [0.05, 0.1) is 0 Å². The number of benzene rings is 1. The topological polar surface area (TPSA) is 12.5 Å². The SMILES string of the molecule is CC1CCCCN1Oc1ccccc1C(F)(F)F. The van der Waals surface area contributed by atoms with Gasteiger partial charge in [0.15, 0.2) is 5.75 Å². The van der Waals surface area contributed by atoms with Gasteiger partial charge in [0.25, 0.3) is 0 Å². The molecule has 1 saturated heterocycles. The van der Waals surface area contributed by atoms with Gasteiger partial charge in [0.1, 0.15) is 5.56 Å². The largest absolute Gasteiger partial charge is 0.420 e. The van der Waals surface area contributed by atoms with Gasteiger partial charge in [-0.25, -0.2) is 0 Å². The normalized spacial score (nSPS) is 21.9. The molecule has 0 saturated carbocycles. The molecule has 1 unspecified atom stereocenters. The monoisotopic (exact) mass is 259 g/mol. The van der Waals surface area contributed by atoms with Gasteiger partial charge in [-0.3, -0.25) is 0 Å². The van der Waals surface area contributed by atoms with Crippen molar-refractivity contribution in [2.75, 3.05) is 6.54 Å². The number of para-hydroxylation sites is 1. The van der Waals surface area contributed by atoms with Crippen LogP contribution in [0.3, 0.4) is 0 Å². The summed E-state index contributed by atoms with van der Waals surface area (Å²) in [6.07, 6.45) is -1.37. The van der Waals surface area contributed by atoms with Crippen LogP contribution in [0.15, 0.2) is 24.3 Å². The van der Waals surface area contributed by atoms with Crippen LogP contribution in [0.5, 0.6) is 5.75 Å². The molecule has 2 rings (SSSR count). The van der Waals surface area contributed by atoms with Crippen LogP contribution in [0, 0.1) is 0 Å². The van der Waals surface area contributed by atoms with Crippen LogP contribution < -0.4 is 4.84 Å². The summed E-state index contributed by atoms with van der Waals surface area (Å²) in [6.45, 7) is 2.64. The first-order chi connectivity index (χ1) is 8.48. The third kappa shape index (κ3) is 2.96. The first-order valence-electron chi connectivity index (χ1n) is 6.09. The van der Waals surface area contributed by atoms with Gasteiger partial charge in [-0.05, 0) is 31.9 Å². The van der Waals surface area contributed by atoms with E-state index in [1.165, 1.54) is 12.1 Å². The molecule has 100 valence electrons. The number of hydrogen-bond donors (Lipinski definition) is 0. The van der Waals surface area contributed by atoms with E-state index in [-0.39, 0.29) is 11.8 Å². The van der Waals surface area contributed by atoms with Gasteiger partial charge in [0.2, 0.25) is 0 Å². The summed E-state index contributed by atoms with van der Waals surface area (Å²) in [7, 11) is 0. The Morgan fingerprint density at radius 1 is 1.22 bits per heavy atom. The van der Waals surface area contributed by atoms with Crippen LogP contribution in [0.25, 0.3) is 0 Å². The van der Waals surface area contributed by atoms with E-state index in [9.17, 15) is 13.2 Å². The molecule has 1 heterocycles. The average molecular weight is 259 g/mol. The standard InChI is InChI=1S/C13H16F3NO/c1-10-6-4-5-9-17(10)18-12-8-3-2-7-11(12)13(14,15)16/h2-3,7-8,10H,4-6,9H2,1H3. The molecule has 1 aromatic rings. The first kappa shape index (κ1) is 13.2. The highest BCUT2D eigenvalue weighted by Crippen LogP contribution is 2.36. The molecule has 0 amide bonds. The predicted octanol–water partition coefficient (Wildman–Crippen LogP) is 3.87. The van der Waals surface area contributed by atoms with Crippen molar-refractivity contribution in [1.82, 2.24) is 5.06 Å². The predicted molar refractivity (Wildman–Crippen MR) is 62.1 cm³/mol. The van der Waals surface area contributed by atoms with E-state index in [1.807, 2.05) is 6.92 Å². The third-order valence-electron chi connectivity index (χ3n) is 3.15. The van der Waals surface area contributed by atoms with Crippen LogP contribution in [0.2, 0.25) is 0 Å². The van der Waals surface area contributed by atoms with Crippen LogP contribution >= 0.6 is 0 Å². The average Bonchev–Trinajstić information content (AvgIpc) is 2.31. The van der Waals surface area contributed by atoms with Crippen LogP contribution in [0.1, 0.15) is 31.7 Å². The number of alkyl halides is 3. The van der Waals surface area contributed by atoms with Gasteiger partial charge in [0, 0.05) is 12.6 Å². The van der Waals surface area contributed by atoms with Gasteiger partial charge >= 0.3 is 6.18 Å². The lowest BCUT2D eigenvalue weighted by Gasteiger charge is -2.32. The molecule has 0 N–H and O–H groups in total. The Morgan fingerprint density at radius 3 is 2.61 bits per heavy atom. The highest BCUT2D eigenvalue weighted by Gasteiger charge is 2.35. The molecule has 0 spiro atoms. The Morgan fingerprint density at radius 2 is 1.94 bits per heavy atom. The Bertz CT molecular complexity index is 405. The molecule has 0 bridgehead atoms. The van der Waals surface area contributed by atoms with Crippen molar-refractivity contribution in [3.8, 4) is 5.75 Å². The van der Waals surface area contributed by atoms with Crippen molar-refractivity contribution in [3.63, 3.8) is 0 Å². The molecule has 0 radical (unpaired) electrons. The summed E-state index contributed by atoms with van der Waals surface area (Å²) >= 11 is 0. The fourth-order valence-electron chi connectivity index (χ4n) is 2.11. The zero-order chi connectivity index (χ0) is 13.2. The van der Waals surface area contributed by atoms with Gasteiger partial charge < -0.3 is 4.84 Å². The smallest absolute Gasteiger partial charge is 0.405 e. The summed E-state index contributed by atoms with van der Waals surface area (Å²) in [5, 5.41) is 1.65. The molecular formula is C13H16F3NO. The van der Waals surface area contributed by atoms with Crippen LogP contribution in [0.4, 0.5) is 13.2 Å². The number of hydrogen-bond acceptors (Lipinski definition) is 2. The first-order valence-corrected chi connectivity index (χ1v) is 6.09. The van der Waals surface area contributed by atoms with Crippen molar-refractivity contribution in [3.05, 3.63) is 29.8 Å². The number of halogens is 3. The molecule has 18 heavy (non-hydrogen) atoms. The van der Waals surface area contributed by atoms with E-state index in [0.29, 0.717) is 6.54 Å². The van der Waals surface area contributed by atoms with E-state index in [1.54, 1.807) is 11.1 Å². The summed E-state index contributed by atoms with van der Waals surface area (Å²) in [6, 6.07) is 5.49. The van der Waals surface area contributed by atoms with Gasteiger partial charge in [-0.15, -0.1) is 5.06 Å². The molecule has 5 heteroatoms. The third-order valence-corrected chi connectivity index (χ3v) is 3.15. The second-order valence-electron chi connectivity index (χ2n) is 4.57. The maximum Gasteiger partial charge on any atom is 0.420 e. The quantitative estimate of drug-likeness (QED) is 0.799. The molecule has 1 atom stereocenters. The maximum atomic E-state index is 12.8. The van der Waals surface area contributed by atoms with Gasteiger partial charge in [-0.1, -0.05) is 18.6 Å². The Balaban J connectivity index is 2.18. The van der Waals surface area contributed by atoms with E-state index in [2.05, 4.69) is 0 Å². The lowest BCUT2D eigenvalue weighted by atomic mass is 10.1. The van der Waals surface area contributed by atoms with E-state index in [0.717, 1.165) is 25.3 Å². The van der Waals surface area contributed by atoms with E-state index >= 15 is 0 Å². The fourth-order valence-corrected chi connectivity index (χ4v) is 2.11. The molecule has 0 aliphatic carbocycles. The number of rotatable bonds is 2. The number of hydroxylamine groups is 2. The van der Waals surface area contributed by atoms with E-state index in [4.69, 9.17) is 4.84 Å². The van der Waals surface area contributed by atoms with Crippen molar-refractivity contribution < 1.29 is 18.0 Å². The Kier molecular flexibility index (Phi) is 3.80. The molecule has 2 nitrogen and oxygen atoms in total. The zero-order valence-corrected chi connectivity index (χ0v) is 10.2. The molecule has 1 aliphatic rings. The Hall–Kier alpha value is -1.23. The van der Waals surface area contributed by atoms with Crippen molar-refractivity contribution in [1.29, 1.82) is 0 Å². The highest BCUT2D eigenvalue weighted by atomic mass is 19.4. The second-order valence-corrected chi connectivity index (χ2v) is 4.57. The summed E-state index contributed by atoms with van der Waals surface area (Å²) in [4.78, 5) is 5.44. The molecular weight excluding hydrogens is 243 g/mol.